The maximum Gasteiger partial charge on any atom is 0.222 e. The molecular formula is C19H24BrN3OS. The van der Waals surface area contributed by atoms with Gasteiger partial charge in [-0.05, 0) is 37.0 Å². The Bertz CT molecular complexity index is 748. The number of amides is 1. The number of nitrogens with zero attached hydrogens (tertiary/aromatic N) is 3. The fraction of sp³-hybridized carbons (Fsp3) is 0.579. The van der Waals surface area contributed by atoms with Crippen molar-refractivity contribution in [2.24, 2.45) is 5.92 Å². The molecule has 1 aliphatic heterocycles. The summed E-state index contributed by atoms with van der Waals surface area (Å²) in [5.74, 6) is 0.988. The molecule has 4 rings (SSSR count). The SMILES string of the molecule is O=C(CC1CCCCC1)N1CCN(c2nc3ccc(Br)cc3s2)CC1. The van der Waals surface area contributed by atoms with Crippen LogP contribution in [0.25, 0.3) is 10.2 Å². The van der Waals surface area contributed by atoms with Crippen molar-refractivity contribution in [3.05, 3.63) is 22.7 Å². The van der Waals surface area contributed by atoms with Gasteiger partial charge in [0.25, 0.3) is 0 Å². The van der Waals surface area contributed by atoms with E-state index in [1.54, 1.807) is 11.3 Å². The number of hydrogen-bond acceptors (Lipinski definition) is 4. The third kappa shape index (κ3) is 4.00. The fourth-order valence-electron chi connectivity index (χ4n) is 3.94. The van der Waals surface area contributed by atoms with Gasteiger partial charge in [0.05, 0.1) is 10.2 Å². The van der Waals surface area contributed by atoms with Crippen molar-refractivity contribution in [1.82, 2.24) is 9.88 Å². The molecule has 0 atom stereocenters. The van der Waals surface area contributed by atoms with E-state index in [0.717, 1.165) is 47.7 Å². The number of carbonyl (C=O) groups excluding carboxylic acids is 1. The lowest BCUT2D eigenvalue weighted by atomic mass is 9.86. The third-order valence-corrected chi connectivity index (χ3v) is 7.00. The third-order valence-electron chi connectivity index (χ3n) is 5.43. The van der Waals surface area contributed by atoms with Crippen LogP contribution >= 0.6 is 27.3 Å². The summed E-state index contributed by atoms with van der Waals surface area (Å²) in [7, 11) is 0. The van der Waals surface area contributed by atoms with Crippen LogP contribution in [-0.2, 0) is 4.79 Å². The maximum absolute atomic E-state index is 12.6. The van der Waals surface area contributed by atoms with E-state index in [0.29, 0.717) is 11.8 Å². The first-order valence-electron chi connectivity index (χ1n) is 9.28. The van der Waals surface area contributed by atoms with Gasteiger partial charge in [0.2, 0.25) is 5.91 Å². The predicted octanol–water partition coefficient (Wildman–Crippen LogP) is 4.68. The largest absolute Gasteiger partial charge is 0.345 e. The average molecular weight is 422 g/mol. The minimum absolute atomic E-state index is 0.361. The number of fused-ring (bicyclic) bond motifs is 1. The van der Waals surface area contributed by atoms with Gasteiger partial charge in [-0.15, -0.1) is 0 Å². The van der Waals surface area contributed by atoms with E-state index < -0.39 is 0 Å². The number of hydrogen-bond donors (Lipinski definition) is 0. The smallest absolute Gasteiger partial charge is 0.222 e. The van der Waals surface area contributed by atoms with E-state index in [1.807, 2.05) is 6.07 Å². The van der Waals surface area contributed by atoms with Gasteiger partial charge in [0, 0.05) is 37.1 Å². The van der Waals surface area contributed by atoms with Gasteiger partial charge in [-0.2, -0.15) is 0 Å². The molecule has 4 nitrogen and oxygen atoms in total. The zero-order valence-corrected chi connectivity index (χ0v) is 16.8. The minimum Gasteiger partial charge on any atom is -0.345 e. The molecule has 1 aromatic carbocycles. The highest BCUT2D eigenvalue weighted by molar-refractivity contribution is 9.10. The monoisotopic (exact) mass is 421 g/mol. The number of anilines is 1. The van der Waals surface area contributed by atoms with E-state index in [1.165, 1.54) is 36.8 Å². The highest BCUT2D eigenvalue weighted by atomic mass is 79.9. The molecule has 0 N–H and O–H groups in total. The summed E-state index contributed by atoms with van der Waals surface area (Å²) < 4.78 is 2.30. The quantitative estimate of drug-likeness (QED) is 0.721. The second-order valence-corrected chi connectivity index (χ2v) is 9.11. The number of halogens is 1. The first-order valence-corrected chi connectivity index (χ1v) is 10.9. The van der Waals surface area contributed by atoms with Crippen molar-refractivity contribution in [2.75, 3.05) is 31.1 Å². The Labute approximate surface area is 161 Å². The van der Waals surface area contributed by atoms with E-state index in [9.17, 15) is 4.79 Å². The summed E-state index contributed by atoms with van der Waals surface area (Å²) in [4.78, 5) is 21.7. The van der Waals surface area contributed by atoms with E-state index >= 15 is 0 Å². The van der Waals surface area contributed by atoms with Crippen molar-refractivity contribution >= 4 is 48.5 Å². The Kier molecular flexibility index (Phi) is 5.27. The molecule has 1 aliphatic carbocycles. The molecule has 6 heteroatoms. The second kappa shape index (κ2) is 7.62. The van der Waals surface area contributed by atoms with E-state index in [2.05, 4.69) is 37.9 Å². The number of carbonyl (C=O) groups is 1. The first-order chi connectivity index (χ1) is 12.2. The van der Waals surface area contributed by atoms with Gasteiger partial charge >= 0.3 is 0 Å². The molecule has 1 aromatic heterocycles. The van der Waals surface area contributed by atoms with Crippen LogP contribution in [0.4, 0.5) is 5.13 Å². The second-order valence-electron chi connectivity index (χ2n) is 7.18. The van der Waals surface area contributed by atoms with Gasteiger partial charge in [0.15, 0.2) is 5.13 Å². The summed E-state index contributed by atoms with van der Waals surface area (Å²) in [6, 6.07) is 6.22. The van der Waals surface area contributed by atoms with Gasteiger partial charge in [-0.1, -0.05) is 46.5 Å². The zero-order valence-electron chi connectivity index (χ0n) is 14.4. The lowest BCUT2D eigenvalue weighted by Gasteiger charge is -2.35. The Morgan fingerprint density at radius 2 is 1.92 bits per heavy atom. The van der Waals surface area contributed by atoms with Crippen LogP contribution in [0.1, 0.15) is 38.5 Å². The van der Waals surface area contributed by atoms with Crippen LogP contribution in [0.5, 0.6) is 0 Å². The minimum atomic E-state index is 0.361. The van der Waals surface area contributed by atoms with Crippen LogP contribution in [-0.4, -0.2) is 42.0 Å². The van der Waals surface area contributed by atoms with Crippen molar-refractivity contribution in [3.8, 4) is 0 Å². The topological polar surface area (TPSA) is 36.4 Å². The highest BCUT2D eigenvalue weighted by Crippen LogP contribution is 2.32. The number of thiazole rings is 1. The summed E-state index contributed by atoms with van der Waals surface area (Å²) >= 11 is 5.26. The number of benzene rings is 1. The summed E-state index contributed by atoms with van der Waals surface area (Å²) in [6.45, 7) is 3.42. The molecule has 2 aromatic rings. The fourth-order valence-corrected chi connectivity index (χ4v) is 5.51. The maximum atomic E-state index is 12.6. The number of aromatic nitrogens is 1. The summed E-state index contributed by atoms with van der Waals surface area (Å²) in [5, 5.41) is 1.08. The average Bonchev–Trinajstić information content (AvgIpc) is 3.06. The van der Waals surface area contributed by atoms with Crippen LogP contribution in [0.2, 0.25) is 0 Å². The molecule has 1 saturated carbocycles. The molecule has 1 saturated heterocycles. The predicted molar refractivity (Wildman–Crippen MR) is 107 cm³/mol. The van der Waals surface area contributed by atoms with Crippen LogP contribution in [0.15, 0.2) is 22.7 Å². The number of piperazine rings is 1. The van der Waals surface area contributed by atoms with Gasteiger partial charge < -0.3 is 9.80 Å². The summed E-state index contributed by atoms with van der Waals surface area (Å²) in [5.41, 5.74) is 1.05. The molecule has 2 fully saturated rings. The van der Waals surface area contributed by atoms with E-state index in [-0.39, 0.29) is 0 Å². The highest BCUT2D eigenvalue weighted by Gasteiger charge is 2.25. The Hall–Kier alpha value is -1.14. The van der Waals surface area contributed by atoms with Crippen molar-refractivity contribution in [2.45, 2.75) is 38.5 Å². The van der Waals surface area contributed by atoms with Crippen molar-refractivity contribution in [3.63, 3.8) is 0 Å². The molecule has 25 heavy (non-hydrogen) atoms. The Morgan fingerprint density at radius 3 is 2.68 bits per heavy atom. The van der Waals surface area contributed by atoms with E-state index in [4.69, 9.17) is 4.98 Å². The Balaban J connectivity index is 1.34. The lowest BCUT2D eigenvalue weighted by molar-refractivity contribution is -0.132. The lowest BCUT2D eigenvalue weighted by Crippen LogP contribution is -2.49. The number of rotatable bonds is 3. The molecule has 2 heterocycles. The molecular weight excluding hydrogens is 398 g/mol. The van der Waals surface area contributed by atoms with Crippen molar-refractivity contribution < 1.29 is 4.79 Å². The van der Waals surface area contributed by atoms with Crippen LogP contribution in [0.3, 0.4) is 0 Å². The standard InChI is InChI=1S/C19H24BrN3OS/c20-15-6-7-16-17(13-15)25-19(21-16)23-10-8-22(9-11-23)18(24)12-14-4-2-1-3-5-14/h6-7,13-14H,1-5,8-12H2. The molecule has 0 bridgehead atoms. The van der Waals surface area contributed by atoms with Gasteiger partial charge in [0.1, 0.15) is 0 Å². The molecule has 0 radical (unpaired) electrons. The zero-order chi connectivity index (χ0) is 17.2. The Morgan fingerprint density at radius 1 is 1.16 bits per heavy atom. The van der Waals surface area contributed by atoms with Crippen molar-refractivity contribution in [1.29, 1.82) is 0 Å². The molecule has 134 valence electrons. The molecule has 1 amide bonds. The van der Waals surface area contributed by atoms with Crippen LogP contribution in [0, 0.1) is 5.92 Å². The van der Waals surface area contributed by atoms with Gasteiger partial charge in [-0.3, -0.25) is 4.79 Å². The molecule has 0 unspecified atom stereocenters. The van der Waals surface area contributed by atoms with Crippen LogP contribution < -0.4 is 4.90 Å². The summed E-state index contributed by atoms with van der Waals surface area (Å²) in [6.07, 6.45) is 7.20. The molecule has 2 aliphatic rings. The first kappa shape index (κ1) is 17.3. The molecule has 0 spiro atoms. The normalized spacial score (nSPS) is 19.6. The van der Waals surface area contributed by atoms with Gasteiger partial charge in [-0.25, -0.2) is 4.98 Å².